The van der Waals surface area contributed by atoms with Crippen LogP contribution < -0.4 is 5.32 Å². The van der Waals surface area contributed by atoms with Gasteiger partial charge in [0.1, 0.15) is 11.4 Å². The fraction of sp³-hybridized carbons (Fsp3) is 0.269. The third kappa shape index (κ3) is 4.98. The van der Waals surface area contributed by atoms with Crippen molar-refractivity contribution in [1.29, 1.82) is 0 Å². The van der Waals surface area contributed by atoms with Gasteiger partial charge in [0.2, 0.25) is 0 Å². The predicted octanol–water partition coefficient (Wildman–Crippen LogP) is 5.58. The fourth-order valence-electron chi connectivity index (χ4n) is 3.89. The second-order valence-corrected chi connectivity index (χ2v) is 8.90. The first kappa shape index (κ1) is 22.3. The molecule has 0 unspecified atom stereocenters. The number of fused-ring (bicyclic) bond motifs is 1. The summed E-state index contributed by atoms with van der Waals surface area (Å²) in [4.78, 5) is 17.0. The normalized spacial score (nSPS) is 11.5. The molecule has 0 radical (unpaired) electrons. The minimum Gasteiger partial charge on any atom is -0.508 e. The Labute approximate surface area is 192 Å². The number of H-pyrrole nitrogens is 1. The van der Waals surface area contributed by atoms with Crippen molar-refractivity contribution in [1.82, 2.24) is 20.5 Å². The summed E-state index contributed by atoms with van der Waals surface area (Å²) in [6.45, 7) is 7.80. The zero-order valence-corrected chi connectivity index (χ0v) is 19.3. The highest BCUT2D eigenvalue weighted by molar-refractivity contribution is 5.87. The Bertz CT molecular complexity index is 1290. The number of aromatic nitrogens is 3. The molecule has 2 heterocycles. The third-order valence-electron chi connectivity index (χ3n) is 5.32. The monoisotopic (exact) mass is 444 g/mol. The summed E-state index contributed by atoms with van der Waals surface area (Å²) in [5.74, 6) is 0.194. The number of pyridine rings is 1. The first-order valence-electron chi connectivity index (χ1n) is 11.0. The summed E-state index contributed by atoms with van der Waals surface area (Å²) in [5, 5.41) is 20.7. The Morgan fingerprint density at radius 2 is 1.82 bits per heavy atom. The number of carbonyl (C=O) groups excluding carboxylic acids is 1. The number of alkyl carbamates (subject to hydrolysis) is 1. The molecular weight excluding hydrogens is 416 g/mol. The van der Waals surface area contributed by atoms with E-state index in [4.69, 9.17) is 9.72 Å². The van der Waals surface area contributed by atoms with Gasteiger partial charge in [0.15, 0.2) is 0 Å². The molecule has 0 fully saturated rings. The van der Waals surface area contributed by atoms with E-state index in [0.717, 1.165) is 50.8 Å². The molecule has 0 saturated carbocycles. The van der Waals surface area contributed by atoms with Crippen molar-refractivity contribution in [2.45, 2.75) is 46.3 Å². The van der Waals surface area contributed by atoms with E-state index in [2.05, 4.69) is 34.6 Å². The number of nitrogens with zero attached hydrogens (tertiary/aromatic N) is 2. The van der Waals surface area contributed by atoms with Crippen LogP contribution in [0.3, 0.4) is 0 Å². The van der Waals surface area contributed by atoms with E-state index in [9.17, 15) is 9.90 Å². The Morgan fingerprint density at radius 1 is 1.09 bits per heavy atom. The van der Waals surface area contributed by atoms with Crippen LogP contribution in [0.15, 0.2) is 54.9 Å². The lowest BCUT2D eigenvalue weighted by Crippen LogP contribution is -2.32. The number of phenolic OH excluding ortho intramolecular Hbond substituents is 1. The SMILES string of the molecule is CCc1c(-c2ccc3[nH]ncc3c2)cnc(CNC(=O)OC(C)(C)C)c1-c1ccc(O)cc1. The van der Waals surface area contributed by atoms with Gasteiger partial charge in [-0.05, 0) is 68.1 Å². The van der Waals surface area contributed by atoms with Gasteiger partial charge >= 0.3 is 6.09 Å². The highest BCUT2D eigenvalue weighted by Gasteiger charge is 2.20. The minimum atomic E-state index is -0.582. The van der Waals surface area contributed by atoms with E-state index in [1.54, 1.807) is 18.3 Å². The van der Waals surface area contributed by atoms with Gasteiger partial charge in [-0.3, -0.25) is 10.1 Å². The van der Waals surface area contributed by atoms with E-state index >= 15 is 0 Å². The maximum absolute atomic E-state index is 12.3. The highest BCUT2D eigenvalue weighted by Crippen LogP contribution is 2.36. The van der Waals surface area contributed by atoms with Gasteiger partial charge in [-0.1, -0.05) is 25.1 Å². The summed E-state index contributed by atoms with van der Waals surface area (Å²) in [6, 6.07) is 13.2. The summed E-state index contributed by atoms with van der Waals surface area (Å²) in [6.07, 6.45) is 3.93. The number of ether oxygens (including phenoxy) is 1. The molecule has 0 aliphatic carbocycles. The second-order valence-electron chi connectivity index (χ2n) is 8.90. The van der Waals surface area contributed by atoms with Crippen LogP contribution in [0, 0.1) is 0 Å². The van der Waals surface area contributed by atoms with E-state index in [0.29, 0.717) is 0 Å². The predicted molar refractivity (Wildman–Crippen MR) is 129 cm³/mol. The summed E-state index contributed by atoms with van der Waals surface area (Å²) < 4.78 is 5.38. The third-order valence-corrected chi connectivity index (χ3v) is 5.32. The molecule has 0 bridgehead atoms. The molecule has 170 valence electrons. The molecule has 4 rings (SSSR count). The topological polar surface area (TPSA) is 100 Å². The molecule has 0 aliphatic rings. The maximum Gasteiger partial charge on any atom is 0.407 e. The number of aromatic amines is 1. The number of rotatable bonds is 5. The number of hydrogen-bond acceptors (Lipinski definition) is 5. The summed E-state index contributed by atoms with van der Waals surface area (Å²) >= 11 is 0. The van der Waals surface area contributed by atoms with E-state index in [1.807, 2.05) is 45.2 Å². The van der Waals surface area contributed by atoms with Crippen molar-refractivity contribution < 1.29 is 14.6 Å². The number of hydrogen-bond donors (Lipinski definition) is 3. The van der Waals surface area contributed by atoms with Crippen LogP contribution in [0.4, 0.5) is 4.79 Å². The lowest BCUT2D eigenvalue weighted by atomic mass is 9.90. The molecule has 7 nitrogen and oxygen atoms in total. The Kier molecular flexibility index (Phi) is 6.05. The van der Waals surface area contributed by atoms with Crippen molar-refractivity contribution in [2.24, 2.45) is 0 Å². The summed E-state index contributed by atoms with van der Waals surface area (Å²) in [7, 11) is 0. The van der Waals surface area contributed by atoms with Crippen molar-refractivity contribution in [3.8, 4) is 28.0 Å². The van der Waals surface area contributed by atoms with Gasteiger partial charge in [-0.2, -0.15) is 5.10 Å². The number of aromatic hydroxyl groups is 1. The van der Waals surface area contributed by atoms with E-state index in [1.165, 1.54) is 0 Å². The van der Waals surface area contributed by atoms with Crippen molar-refractivity contribution >= 4 is 17.0 Å². The molecule has 0 atom stereocenters. The van der Waals surface area contributed by atoms with Crippen molar-refractivity contribution in [3.05, 3.63) is 66.1 Å². The van der Waals surface area contributed by atoms with Crippen LogP contribution >= 0.6 is 0 Å². The minimum absolute atomic E-state index is 0.194. The lowest BCUT2D eigenvalue weighted by molar-refractivity contribution is 0.0523. The highest BCUT2D eigenvalue weighted by atomic mass is 16.6. The average Bonchev–Trinajstić information content (AvgIpc) is 3.24. The van der Waals surface area contributed by atoms with Gasteiger partial charge in [-0.15, -0.1) is 0 Å². The molecule has 33 heavy (non-hydrogen) atoms. The van der Waals surface area contributed by atoms with Crippen LogP contribution in [0.2, 0.25) is 0 Å². The molecular formula is C26H28N4O3. The molecule has 7 heteroatoms. The molecule has 0 saturated heterocycles. The van der Waals surface area contributed by atoms with E-state index < -0.39 is 11.7 Å². The van der Waals surface area contributed by atoms with Gasteiger partial charge < -0.3 is 15.2 Å². The van der Waals surface area contributed by atoms with E-state index in [-0.39, 0.29) is 12.3 Å². The van der Waals surface area contributed by atoms with Crippen molar-refractivity contribution in [3.63, 3.8) is 0 Å². The Morgan fingerprint density at radius 3 is 2.52 bits per heavy atom. The van der Waals surface area contributed by atoms with Crippen LogP contribution in [-0.2, 0) is 17.7 Å². The average molecular weight is 445 g/mol. The molecule has 0 aliphatic heterocycles. The van der Waals surface area contributed by atoms with Gasteiger partial charge in [0.25, 0.3) is 0 Å². The molecule has 2 aromatic heterocycles. The standard InChI is InChI=1S/C26H28N4O3/c1-5-20-21(17-8-11-22-18(12-17)13-29-30-22)14-27-23(15-28-25(32)33-26(2,3)4)24(20)16-6-9-19(31)10-7-16/h6-14,31H,5,15H2,1-4H3,(H,28,32)(H,29,30). The smallest absolute Gasteiger partial charge is 0.407 e. The zero-order valence-electron chi connectivity index (χ0n) is 19.3. The van der Waals surface area contributed by atoms with Crippen LogP contribution in [0.5, 0.6) is 5.75 Å². The number of nitrogens with one attached hydrogen (secondary N) is 2. The lowest BCUT2D eigenvalue weighted by Gasteiger charge is -2.21. The molecule has 0 spiro atoms. The fourth-order valence-corrected chi connectivity index (χ4v) is 3.89. The molecule has 1 amide bonds. The molecule has 3 N–H and O–H groups in total. The number of amides is 1. The number of benzene rings is 2. The Balaban J connectivity index is 1.79. The van der Waals surface area contributed by atoms with Crippen LogP contribution in [-0.4, -0.2) is 32.0 Å². The van der Waals surface area contributed by atoms with Crippen LogP contribution in [0.25, 0.3) is 33.2 Å². The van der Waals surface area contributed by atoms with Gasteiger partial charge in [-0.25, -0.2) is 4.79 Å². The first-order valence-corrected chi connectivity index (χ1v) is 11.0. The van der Waals surface area contributed by atoms with Crippen LogP contribution in [0.1, 0.15) is 39.0 Å². The van der Waals surface area contributed by atoms with Gasteiger partial charge in [0.05, 0.1) is 24.0 Å². The largest absolute Gasteiger partial charge is 0.508 e. The molecule has 4 aromatic rings. The Hall–Kier alpha value is -3.87. The summed E-state index contributed by atoms with van der Waals surface area (Å²) in [5.41, 5.74) is 6.16. The molecule has 2 aromatic carbocycles. The first-order chi connectivity index (χ1) is 15.7. The maximum atomic E-state index is 12.3. The second kappa shape index (κ2) is 8.94. The number of carbonyl (C=O) groups is 1. The van der Waals surface area contributed by atoms with Gasteiger partial charge in [0, 0.05) is 22.7 Å². The number of phenols is 1. The zero-order chi connectivity index (χ0) is 23.6. The quantitative estimate of drug-likeness (QED) is 0.373. The van der Waals surface area contributed by atoms with Crippen molar-refractivity contribution in [2.75, 3.05) is 0 Å².